The van der Waals surface area contributed by atoms with Gasteiger partial charge in [-0.2, -0.15) is 5.10 Å². The summed E-state index contributed by atoms with van der Waals surface area (Å²) in [5, 5.41) is 7.25. The lowest BCUT2D eigenvalue weighted by Gasteiger charge is -2.35. The molecule has 1 fully saturated rings. The van der Waals surface area contributed by atoms with Crippen LogP contribution in [0.5, 0.6) is 5.75 Å². The molecule has 4 rings (SSSR count). The Balaban J connectivity index is 1.60. The molecule has 6 nitrogen and oxygen atoms in total. The molecule has 0 bridgehead atoms. The molecule has 0 amide bonds. The van der Waals surface area contributed by atoms with Crippen LogP contribution >= 0.6 is 0 Å². The van der Waals surface area contributed by atoms with Crippen LogP contribution in [0.15, 0.2) is 36.8 Å². The number of imidazole rings is 1. The van der Waals surface area contributed by atoms with E-state index in [1.165, 1.54) is 26.0 Å². The third kappa shape index (κ3) is 3.47. The van der Waals surface area contributed by atoms with Gasteiger partial charge in [-0.25, -0.2) is 9.37 Å². The third-order valence-corrected chi connectivity index (χ3v) is 5.30. The predicted molar refractivity (Wildman–Crippen MR) is 101 cm³/mol. The summed E-state index contributed by atoms with van der Waals surface area (Å²) in [6.07, 6.45) is 9.15. The highest BCUT2D eigenvalue weighted by Crippen LogP contribution is 2.33. The summed E-state index contributed by atoms with van der Waals surface area (Å²) in [6.45, 7) is 1.76. The fourth-order valence-corrected chi connectivity index (χ4v) is 3.89. The number of hydrogen-bond acceptors (Lipinski definition) is 4. The zero-order valence-corrected chi connectivity index (χ0v) is 15.7. The number of aromatic amines is 1. The van der Waals surface area contributed by atoms with Crippen LogP contribution in [0.3, 0.4) is 0 Å². The average Bonchev–Trinajstić information content (AvgIpc) is 3.31. The highest BCUT2D eigenvalue weighted by atomic mass is 19.1. The standard InChI is InChI=1S/C20H24FN5O/c1-25-10-8-22-20(25)17-5-3-4-9-26(17)13-15-12-23-24-19(15)14-6-7-18(27-2)16(21)11-14/h6-8,10-12,17H,3-5,9,13H2,1-2H3,(H,23,24)/t17-/m1/s1. The smallest absolute Gasteiger partial charge is 0.165 e. The molecular weight excluding hydrogens is 345 g/mol. The lowest BCUT2D eigenvalue weighted by atomic mass is 9.99. The van der Waals surface area contributed by atoms with Crippen molar-refractivity contribution in [2.75, 3.05) is 13.7 Å². The summed E-state index contributed by atoms with van der Waals surface area (Å²) in [7, 11) is 3.51. The van der Waals surface area contributed by atoms with Crippen molar-refractivity contribution in [3.8, 4) is 17.0 Å². The van der Waals surface area contributed by atoms with Crippen molar-refractivity contribution in [3.05, 3.63) is 54.0 Å². The fourth-order valence-electron chi connectivity index (χ4n) is 3.89. The van der Waals surface area contributed by atoms with Crippen molar-refractivity contribution >= 4 is 0 Å². The first kappa shape index (κ1) is 17.7. The van der Waals surface area contributed by atoms with Crippen LogP contribution in [0.25, 0.3) is 11.3 Å². The molecule has 0 saturated carbocycles. The summed E-state index contributed by atoms with van der Waals surface area (Å²) < 4.78 is 21.3. The number of piperidine rings is 1. The number of benzene rings is 1. The molecule has 2 aromatic heterocycles. The Morgan fingerprint density at radius 1 is 1.33 bits per heavy atom. The maximum Gasteiger partial charge on any atom is 0.165 e. The maximum absolute atomic E-state index is 14.1. The molecule has 0 unspecified atom stereocenters. The summed E-state index contributed by atoms with van der Waals surface area (Å²) in [5.41, 5.74) is 2.67. The highest BCUT2D eigenvalue weighted by molar-refractivity contribution is 5.63. The van der Waals surface area contributed by atoms with Gasteiger partial charge in [-0.1, -0.05) is 6.42 Å². The van der Waals surface area contributed by atoms with Crippen LogP contribution in [0, 0.1) is 5.82 Å². The van der Waals surface area contributed by atoms with Gasteiger partial charge in [0.25, 0.3) is 0 Å². The molecule has 7 heteroatoms. The molecule has 142 valence electrons. The summed E-state index contributed by atoms with van der Waals surface area (Å²) in [6, 6.07) is 5.27. The van der Waals surface area contributed by atoms with Crippen LogP contribution < -0.4 is 4.74 Å². The molecule has 1 atom stereocenters. The van der Waals surface area contributed by atoms with E-state index >= 15 is 0 Å². The molecule has 0 radical (unpaired) electrons. The second-order valence-corrected chi connectivity index (χ2v) is 7.00. The number of ether oxygens (including phenoxy) is 1. The molecule has 1 aromatic carbocycles. The summed E-state index contributed by atoms with van der Waals surface area (Å²) in [5.74, 6) is 0.959. The molecule has 3 aromatic rings. The van der Waals surface area contributed by atoms with Gasteiger partial charge in [0, 0.05) is 37.1 Å². The van der Waals surface area contributed by atoms with Crippen LogP contribution in [0.4, 0.5) is 4.39 Å². The zero-order valence-electron chi connectivity index (χ0n) is 15.7. The number of nitrogens with zero attached hydrogens (tertiary/aromatic N) is 4. The first-order chi connectivity index (χ1) is 13.2. The number of halogens is 1. The Labute approximate surface area is 158 Å². The van der Waals surface area contributed by atoms with Gasteiger partial charge in [-0.15, -0.1) is 0 Å². The fraction of sp³-hybridized carbons (Fsp3) is 0.400. The van der Waals surface area contributed by atoms with Crippen molar-refractivity contribution in [1.29, 1.82) is 0 Å². The first-order valence-corrected chi connectivity index (χ1v) is 9.25. The third-order valence-electron chi connectivity index (χ3n) is 5.30. The van der Waals surface area contributed by atoms with Crippen molar-refractivity contribution in [2.45, 2.75) is 31.8 Å². The van der Waals surface area contributed by atoms with Crippen LogP contribution in [-0.4, -0.2) is 38.3 Å². The number of aromatic nitrogens is 4. The SMILES string of the molecule is COc1ccc(-c2[nH]ncc2CN2CCCC[C@@H]2c2nccn2C)cc1F. The minimum Gasteiger partial charge on any atom is -0.494 e. The van der Waals surface area contributed by atoms with E-state index in [-0.39, 0.29) is 17.6 Å². The second kappa shape index (κ2) is 7.52. The van der Waals surface area contributed by atoms with Crippen molar-refractivity contribution in [3.63, 3.8) is 0 Å². The highest BCUT2D eigenvalue weighted by Gasteiger charge is 2.28. The van der Waals surface area contributed by atoms with Gasteiger partial charge in [0.2, 0.25) is 0 Å². The number of H-pyrrole nitrogens is 1. The Hall–Kier alpha value is -2.67. The monoisotopic (exact) mass is 369 g/mol. The molecular formula is C20H24FN5O. The van der Waals surface area contributed by atoms with Crippen LogP contribution in [0.1, 0.15) is 36.7 Å². The lowest BCUT2D eigenvalue weighted by Crippen LogP contribution is -2.34. The molecule has 1 N–H and O–H groups in total. The van der Waals surface area contributed by atoms with Crippen molar-refractivity contribution < 1.29 is 9.13 Å². The van der Waals surface area contributed by atoms with Crippen molar-refractivity contribution in [2.24, 2.45) is 7.05 Å². The Kier molecular flexibility index (Phi) is 4.94. The van der Waals surface area contributed by atoms with E-state index in [1.54, 1.807) is 6.07 Å². The summed E-state index contributed by atoms with van der Waals surface area (Å²) >= 11 is 0. The normalized spacial score (nSPS) is 18.0. The number of nitrogens with one attached hydrogen (secondary N) is 1. The van der Waals surface area contributed by atoms with E-state index < -0.39 is 0 Å². The van der Waals surface area contributed by atoms with Gasteiger partial charge < -0.3 is 9.30 Å². The van der Waals surface area contributed by atoms with E-state index in [4.69, 9.17) is 4.74 Å². The lowest BCUT2D eigenvalue weighted by molar-refractivity contribution is 0.132. The van der Waals surface area contributed by atoms with Gasteiger partial charge in [-0.05, 0) is 37.6 Å². The van der Waals surface area contributed by atoms with Gasteiger partial charge in [0.15, 0.2) is 11.6 Å². The van der Waals surface area contributed by atoms with E-state index in [0.29, 0.717) is 0 Å². The molecule has 0 aliphatic carbocycles. The van der Waals surface area contributed by atoms with Crippen molar-refractivity contribution in [1.82, 2.24) is 24.6 Å². The van der Waals surface area contributed by atoms with E-state index in [2.05, 4.69) is 24.6 Å². The largest absolute Gasteiger partial charge is 0.494 e. The van der Waals surface area contributed by atoms with E-state index in [1.807, 2.05) is 31.7 Å². The van der Waals surface area contributed by atoms with Gasteiger partial charge in [0.05, 0.1) is 25.0 Å². The number of rotatable bonds is 5. The number of hydrogen-bond donors (Lipinski definition) is 1. The van der Waals surface area contributed by atoms with Crippen LogP contribution in [-0.2, 0) is 13.6 Å². The molecule has 27 heavy (non-hydrogen) atoms. The molecule has 1 aliphatic heterocycles. The quantitative estimate of drug-likeness (QED) is 0.745. The topological polar surface area (TPSA) is 59.0 Å². The van der Waals surface area contributed by atoms with Gasteiger partial charge in [0.1, 0.15) is 5.82 Å². The predicted octanol–water partition coefficient (Wildman–Crippen LogP) is 3.69. The van der Waals surface area contributed by atoms with E-state index in [0.717, 1.165) is 42.2 Å². The van der Waals surface area contributed by atoms with Crippen LogP contribution in [0.2, 0.25) is 0 Å². The van der Waals surface area contributed by atoms with Gasteiger partial charge in [-0.3, -0.25) is 10.00 Å². The Bertz CT molecular complexity index is 919. The molecule has 0 spiro atoms. The maximum atomic E-state index is 14.1. The summed E-state index contributed by atoms with van der Waals surface area (Å²) in [4.78, 5) is 7.01. The van der Waals surface area contributed by atoms with E-state index in [9.17, 15) is 4.39 Å². The average molecular weight is 369 g/mol. The first-order valence-electron chi connectivity index (χ1n) is 9.25. The second-order valence-electron chi connectivity index (χ2n) is 7.00. The van der Waals surface area contributed by atoms with Gasteiger partial charge >= 0.3 is 0 Å². The minimum atomic E-state index is -0.376. The molecule has 1 saturated heterocycles. The molecule has 3 heterocycles. The number of likely N-dealkylation sites (tertiary alicyclic amines) is 1. The molecule has 1 aliphatic rings. The zero-order chi connectivity index (χ0) is 18.8. The minimum absolute atomic E-state index is 0.241. The number of methoxy groups -OCH3 is 1. The number of aryl methyl sites for hydroxylation is 1. The Morgan fingerprint density at radius 3 is 2.96 bits per heavy atom. The Morgan fingerprint density at radius 2 is 2.22 bits per heavy atom.